The Hall–Kier alpha value is -0.260. The van der Waals surface area contributed by atoms with Gasteiger partial charge in [-0.2, -0.15) is 0 Å². The molecule has 1 aromatic heterocycles. The number of aromatic nitrogens is 1. The van der Waals surface area contributed by atoms with E-state index < -0.39 is 10.8 Å². The van der Waals surface area contributed by atoms with Crippen molar-refractivity contribution in [3.05, 3.63) is 16.6 Å². The van der Waals surface area contributed by atoms with Crippen molar-refractivity contribution in [2.24, 2.45) is 0 Å². The molecule has 0 aliphatic carbocycles. The molecule has 15 heavy (non-hydrogen) atoms. The zero-order valence-electron chi connectivity index (χ0n) is 8.65. The van der Waals surface area contributed by atoms with Gasteiger partial charge < -0.3 is 5.32 Å². The molecule has 0 aromatic carbocycles. The van der Waals surface area contributed by atoms with E-state index in [1.165, 1.54) is 19.3 Å². The van der Waals surface area contributed by atoms with Crippen LogP contribution in [0.5, 0.6) is 0 Å². The molecule has 1 aliphatic heterocycles. The molecule has 3 nitrogen and oxygen atoms in total. The molecule has 1 fully saturated rings. The van der Waals surface area contributed by atoms with Crippen molar-refractivity contribution in [1.82, 2.24) is 10.3 Å². The summed E-state index contributed by atoms with van der Waals surface area (Å²) < 4.78 is 11.8. The number of hydrogen-bond acceptors (Lipinski definition) is 4. The molecule has 2 rings (SSSR count). The first kappa shape index (κ1) is 11.2. The van der Waals surface area contributed by atoms with Gasteiger partial charge in [0.25, 0.3) is 0 Å². The highest BCUT2D eigenvalue weighted by Gasteiger charge is 2.15. The standard InChI is InChI=1S/C10H16N2OS2/c13-15(7-10-5-11-8-14-10)6-9-3-1-2-4-12-9/h5,8-9,12H,1-4,6-7H2/t9-,15+/m0/s1. The first-order chi connectivity index (χ1) is 7.34. The molecule has 0 radical (unpaired) electrons. The van der Waals surface area contributed by atoms with Crippen molar-refractivity contribution in [3.8, 4) is 0 Å². The largest absolute Gasteiger partial charge is 0.313 e. The van der Waals surface area contributed by atoms with Gasteiger partial charge in [-0.05, 0) is 19.4 Å². The van der Waals surface area contributed by atoms with Crippen LogP contribution < -0.4 is 5.32 Å². The first-order valence-corrected chi connectivity index (χ1v) is 7.67. The van der Waals surface area contributed by atoms with E-state index in [4.69, 9.17) is 0 Å². The highest BCUT2D eigenvalue weighted by molar-refractivity contribution is 7.84. The zero-order chi connectivity index (χ0) is 10.5. The van der Waals surface area contributed by atoms with Gasteiger partial charge in [-0.15, -0.1) is 11.3 Å². The van der Waals surface area contributed by atoms with Gasteiger partial charge in [-0.1, -0.05) is 6.42 Å². The third-order valence-electron chi connectivity index (χ3n) is 2.59. The van der Waals surface area contributed by atoms with Gasteiger partial charge in [0.15, 0.2) is 0 Å². The molecule has 0 amide bonds. The van der Waals surface area contributed by atoms with E-state index in [-0.39, 0.29) is 0 Å². The molecule has 1 N–H and O–H groups in total. The van der Waals surface area contributed by atoms with Gasteiger partial charge >= 0.3 is 0 Å². The van der Waals surface area contributed by atoms with Gasteiger partial charge in [0.05, 0.1) is 11.3 Å². The van der Waals surface area contributed by atoms with E-state index in [1.54, 1.807) is 16.8 Å². The molecule has 0 bridgehead atoms. The predicted molar refractivity (Wildman–Crippen MR) is 64.5 cm³/mol. The summed E-state index contributed by atoms with van der Waals surface area (Å²) in [5, 5.41) is 3.42. The number of thiazole rings is 1. The van der Waals surface area contributed by atoms with Gasteiger partial charge in [-0.3, -0.25) is 9.19 Å². The van der Waals surface area contributed by atoms with Crippen LogP contribution in [-0.2, 0) is 16.6 Å². The van der Waals surface area contributed by atoms with E-state index in [9.17, 15) is 4.21 Å². The van der Waals surface area contributed by atoms with Gasteiger partial charge in [0.1, 0.15) is 0 Å². The molecule has 0 spiro atoms. The lowest BCUT2D eigenvalue weighted by atomic mass is 10.1. The monoisotopic (exact) mass is 244 g/mol. The number of nitrogens with one attached hydrogen (secondary N) is 1. The Kier molecular flexibility index (Phi) is 4.29. The summed E-state index contributed by atoms with van der Waals surface area (Å²) in [6.45, 7) is 1.09. The zero-order valence-corrected chi connectivity index (χ0v) is 10.3. The fraction of sp³-hybridized carbons (Fsp3) is 0.700. The van der Waals surface area contributed by atoms with Crippen molar-refractivity contribution in [2.45, 2.75) is 31.1 Å². The molecule has 2 atom stereocenters. The summed E-state index contributed by atoms with van der Waals surface area (Å²) in [4.78, 5) is 5.12. The van der Waals surface area contributed by atoms with Crippen molar-refractivity contribution < 1.29 is 4.21 Å². The predicted octanol–water partition coefficient (Wildman–Crippen LogP) is 1.53. The molecule has 1 aliphatic rings. The molecule has 84 valence electrons. The summed E-state index contributed by atoms with van der Waals surface area (Å²) in [6.07, 6.45) is 5.53. The first-order valence-electron chi connectivity index (χ1n) is 5.30. The van der Waals surface area contributed by atoms with E-state index in [0.29, 0.717) is 11.8 Å². The second-order valence-electron chi connectivity index (χ2n) is 3.87. The lowest BCUT2D eigenvalue weighted by Crippen LogP contribution is -2.38. The second kappa shape index (κ2) is 5.72. The third-order valence-corrected chi connectivity index (χ3v) is 4.96. The Labute approximate surface area is 96.8 Å². The fourth-order valence-corrected chi connectivity index (χ4v) is 4.11. The lowest BCUT2D eigenvalue weighted by molar-refractivity contribution is 0.427. The average Bonchev–Trinajstić information content (AvgIpc) is 2.71. The normalized spacial score (nSPS) is 23.9. The third kappa shape index (κ3) is 3.66. The molecule has 0 unspecified atom stereocenters. The van der Waals surface area contributed by atoms with Crippen LogP contribution in [-0.4, -0.2) is 27.5 Å². The molecule has 1 aromatic rings. The van der Waals surface area contributed by atoms with Crippen LogP contribution in [0.25, 0.3) is 0 Å². The van der Waals surface area contributed by atoms with E-state index in [0.717, 1.165) is 17.2 Å². The summed E-state index contributed by atoms with van der Waals surface area (Å²) in [6, 6.07) is 0.465. The summed E-state index contributed by atoms with van der Waals surface area (Å²) in [5.41, 5.74) is 1.80. The maximum atomic E-state index is 11.8. The molecule has 0 saturated carbocycles. The highest BCUT2D eigenvalue weighted by Crippen LogP contribution is 2.12. The van der Waals surface area contributed by atoms with Crippen molar-refractivity contribution in [1.29, 1.82) is 0 Å². The number of hydrogen-bond donors (Lipinski definition) is 1. The highest BCUT2D eigenvalue weighted by atomic mass is 32.2. The Balaban J connectivity index is 1.76. The number of piperidine rings is 1. The van der Waals surface area contributed by atoms with E-state index >= 15 is 0 Å². The summed E-state index contributed by atoms with van der Waals surface area (Å²) in [5.74, 6) is 1.46. The van der Waals surface area contributed by atoms with Gasteiger partial charge in [0, 0.05) is 33.7 Å². The van der Waals surface area contributed by atoms with Crippen LogP contribution in [0.1, 0.15) is 24.1 Å². The molecule has 1 saturated heterocycles. The second-order valence-corrected chi connectivity index (χ2v) is 6.34. The SMILES string of the molecule is O=[S@@](Cc1cncs1)C[C@@H]1CCCCN1. The number of rotatable bonds is 4. The Morgan fingerprint density at radius 1 is 1.60 bits per heavy atom. The fourth-order valence-electron chi connectivity index (χ4n) is 1.82. The minimum Gasteiger partial charge on any atom is -0.313 e. The smallest absolute Gasteiger partial charge is 0.0794 e. The van der Waals surface area contributed by atoms with Crippen molar-refractivity contribution in [3.63, 3.8) is 0 Å². The van der Waals surface area contributed by atoms with Gasteiger partial charge in [-0.25, -0.2) is 0 Å². The van der Waals surface area contributed by atoms with E-state index in [2.05, 4.69) is 10.3 Å². The average molecular weight is 244 g/mol. The van der Waals surface area contributed by atoms with Crippen molar-refractivity contribution >= 4 is 22.1 Å². The Morgan fingerprint density at radius 3 is 3.20 bits per heavy atom. The summed E-state index contributed by atoms with van der Waals surface area (Å²) in [7, 11) is -0.739. The Morgan fingerprint density at radius 2 is 2.53 bits per heavy atom. The van der Waals surface area contributed by atoms with Crippen LogP contribution in [0, 0.1) is 0 Å². The topological polar surface area (TPSA) is 42.0 Å². The van der Waals surface area contributed by atoms with Crippen LogP contribution in [0.2, 0.25) is 0 Å². The maximum Gasteiger partial charge on any atom is 0.0794 e. The Bertz CT molecular complexity index is 307. The molecular weight excluding hydrogens is 228 g/mol. The molecule has 5 heteroatoms. The summed E-state index contributed by atoms with van der Waals surface area (Å²) >= 11 is 1.59. The number of nitrogens with zero attached hydrogens (tertiary/aromatic N) is 1. The van der Waals surface area contributed by atoms with Crippen molar-refractivity contribution in [2.75, 3.05) is 12.3 Å². The molecule has 2 heterocycles. The quantitative estimate of drug-likeness (QED) is 0.873. The van der Waals surface area contributed by atoms with Crippen LogP contribution in [0.15, 0.2) is 11.7 Å². The van der Waals surface area contributed by atoms with E-state index in [1.807, 2.05) is 6.20 Å². The van der Waals surface area contributed by atoms with Crippen LogP contribution in [0.4, 0.5) is 0 Å². The maximum absolute atomic E-state index is 11.8. The lowest BCUT2D eigenvalue weighted by Gasteiger charge is -2.22. The minimum absolute atomic E-state index is 0.465. The minimum atomic E-state index is -0.739. The molecular formula is C10H16N2OS2. The van der Waals surface area contributed by atoms with Crippen LogP contribution in [0.3, 0.4) is 0 Å². The van der Waals surface area contributed by atoms with Gasteiger partial charge in [0.2, 0.25) is 0 Å². The van der Waals surface area contributed by atoms with Crippen LogP contribution >= 0.6 is 11.3 Å².